The average Bonchev–Trinajstić information content (AvgIpc) is 2.75. The zero-order valence-electron chi connectivity index (χ0n) is 10.9. The summed E-state index contributed by atoms with van der Waals surface area (Å²) in [6.45, 7) is 4.04. The van der Waals surface area contributed by atoms with Crippen LogP contribution in [0.4, 0.5) is 0 Å². The largest absolute Gasteiger partial charge is 0.549 e. The third-order valence-corrected chi connectivity index (χ3v) is 3.78. The molecule has 102 valence electrons. The van der Waals surface area contributed by atoms with Gasteiger partial charge in [0.1, 0.15) is 5.52 Å². The zero-order chi connectivity index (χ0) is 14.3. The van der Waals surface area contributed by atoms with Crippen LogP contribution in [-0.4, -0.2) is 31.9 Å². The summed E-state index contributed by atoms with van der Waals surface area (Å²) in [5.74, 6) is -1.34. The van der Waals surface area contributed by atoms with Gasteiger partial charge in [-0.2, -0.15) is 0 Å². The summed E-state index contributed by atoms with van der Waals surface area (Å²) in [6, 6.07) is 4.11. The predicted molar refractivity (Wildman–Crippen MR) is 74.4 cm³/mol. The molecule has 6 nitrogen and oxygen atoms in total. The van der Waals surface area contributed by atoms with E-state index >= 15 is 0 Å². The normalized spacial score (nSPS) is 11.3. The van der Waals surface area contributed by atoms with Crippen molar-refractivity contribution in [3.05, 3.63) is 23.3 Å². The standard InChI is InChI=1S/C13H12N4O2S/c1-6-3-7(2)10-8(4-6)11-12(14-10)15-13(17-16-11)20-5-9(18)19/h3-4H,5H2,1-2H3,(H,18,19)(H,14,15,17)/p-1. The minimum Gasteiger partial charge on any atom is -0.549 e. The summed E-state index contributed by atoms with van der Waals surface area (Å²) in [7, 11) is 0. The lowest BCUT2D eigenvalue weighted by Crippen LogP contribution is -2.24. The number of aromatic amines is 1. The Morgan fingerprint density at radius 3 is 2.90 bits per heavy atom. The van der Waals surface area contributed by atoms with E-state index in [1.807, 2.05) is 19.9 Å². The van der Waals surface area contributed by atoms with Gasteiger partial charge in [0.15, 0.2) is 5.65 Å². The molecule has 3 aromatic rings. The number of H-pyrrole nitrogens is 1. The van der Waals surface area contributed by atoms with E-state index in [0.29, 0.717) is 16.3 Å². The second-order valence-corrected chi connectivity index (χ2v) is 5.52. The predicted octanol–water partition coefficient (Wildman–Crippen LogP) is 0.965. The maximum Gasteiger partial charge on any atom is 0.211 e. The molecule has 3 rings (SSSR count). The molecule has 7 heteroatoms. The third kappa shape index (κ3) is 2.20. The number of aromatic nitrogens is 4. The number of nitrogens with zero attached hydrogens (tertiary/aromatic N) is 3. The number of rotatable bonds is 3. The van der Waals surface area contributed by atoms with Crippen molar-refractivity contribution < 1.29 is 9.90 Å². The third-order valence-electron chi connectivity index (χ3n) is 2.96. The fourth-order valence-electron chi connectivity index (χ4n) is 2.20. The number of carboxylic acids is 1. The Hall–Kier alpha value is -2.15. The number of carboxylic acid groups (broad SMARTS) is 1. The van der Waals surface area contributed by atoms with Crippen LogP contribution in [0.15, 0.2) is 17.3 Å². The van der Waals surface area contributed by atoms with Crippen LogP contribution in [0.3, 0.4) is 0 Å². The first-order valence-corrected chi connectivity index (χ1v) is 6.99. The number of fused-ring (bicyclic) bond motifs is 3. The van der Waals surface area contributed by atoms with Crippen LogP contribution in [0.2, 0.25) is 0 Å². The number of benzene rings is 1. The number of thioether (sulfide) groups is 1. The van der Waals surface area contributed by atoms with E-state index in [1.54, 1.807) is 0 Å². The quantitative estimate of drug-likeness (QED) is 0.721. The minimum atomic E-state index is -1.15. The molecule has 2 aromatic heterocycles. The van der Waals surface area contributed by atoms with Gasteiger partial charge >= 0.3 is 0 Å². The molecule has 1 N–H and O–H groups in total. The molecule has 2 heterocycles. The van der Waals surface area contributed by atoms with Gasteiger partial charge in [-0.15, -0.1) is 10.2 Å². The van der Waals surface area contributed by atoms with Crippen LogP contribution >= 0.6 is 11.8 Å². The maximum absolute atomic E-state index is 10.4. The van der Waals surface area contributed by atoms with Crippen molar-refractivity contribution in [3.8, 4) is 0 Å². The Morgan fingerprint density at radius 2 is 2.15 bits per heavy atom. The van der Waals surface area contributed by atoms with Gasteiger partial charge < -0.3 is 14.9 Å². The molecular formula is C13H11N4O2S-. The number of hydrogen-bond donors (Lipinski definition) is 1. The van der Waals surface area contributed by atoms with E-state index in [4.69, 9.17) is 0 Å². The first-order valence-electron chi connectivity index (χ1n) is 6.00. The number of carbonyl (C=O) groups is 1. The summed E-state index contributed by atoms with van der Waals surface area (Å²) in [5, 5.41) is 19.8. The minimum absolute atomic E-state index is 0.189. The summed E-state index contributed by atoms with van der Waals surface area (Å²) < 4.78 is 0. The van der Waals surface area contributed by atoms with Gasteiger partial charge in [0.05, 0.1) is 11.5 Å². The van der Waals surface area contributed by atoms with Gasteiger partial charge in [-0.3, -0.25) is 0 Å². The molecule has 1 aromatic carbocycles. The molecule has 0 radical (unpaired) electrons. The van der Waals surface area contributed by atoms with E-state index in [2.05, 4.69) is 26.2 Å². The Labute approximate surface area is 118 Å². The summed E-state index contributed by atoms with van der Waals surface area (Å²) in [4.78, 5) is 18.0. The molecule has 0 aliphatic heterocycles. The van der Waals surface area contributed by atoms with E-state index < -0.39 is 5.97 Å². The maximum atomic E-state index is 10.4. The van der Waals surface area contributed by atoms with E-state index in [-0.39, 0.29) is 5.75 Å². The number of nitrogens with one attached hydrogen (secondary N) is 1. The van der Waals surface area contributed by atoms with Gasteiger partial charge in [0.2, 0.25) is 5.16 Å². The molecule has 0 aliphatic carbocycles. The highest BCUT2D eigenvalue weighted by Crippen LogP contribution is 2.26. The molecule has 0 fully saturated rings. The molecule has 0 saturated carbocycles. The van der Waals surface area contributed by atoms with Crippen molar-refractivity contribution in [1.29, 1.82) is 0 Å². The topological polar surface area (TPSA) is 94.6 Å². The molecule has 0 unspecified atom stereocenters. The van der Waals surface area contributed by atoms with Crippen LogP contribution in [0.25, 0.3) is 22.1 Å². The first kappa shape index (κ1) is 12.9. The molecule has 20 heavy (non-hydrogen) atoms. The van der Waals surface area contributed by atoms with Crippen molar-refractivity contribution in [2.75, 3.05) is 5.75 Å². The van der Waals surface area contributed by atoms with Gasteiger partial charge in [-0.05, 0) is 25.5 Å². The zero-order valence-corrected chi connectivity index (χ0v) is 11.7. The van der Waals surface area contributed by atoms with Crippen molar-refractivity contribution in [1.82, 2.24) is 20.2 Å². The number of carbonyl (C=O) groups excluding carboxylic acids is 1. The molecular weight excluding hydrogens is 276 g/mol. The Morgan fingerprint density at radius 1 is 1.35 bits per heavy atom. The Balaban J connectivity index is 2.13. The molecule has 0 bridgehead atoms. The molecule has 0 atom stereocenters. The summed E-state index contributed by atoms with van der Waals surface area (Å²) in [5.41, 5.74) is 4.56. The Kier molecular flexibility index (Phi) is 3.06. The van der Waals surface area contributed by atoms with Gasteiger partial charge in [-0.1, -0.05) is 23.4 Å². The average molecular weight is 287 g/mol. The van der Waals surface area contributed by atoms with Crippen molar-refractivity contribution in [2.45, 2.75) is 19.0 Å². The molecule has 0 spiro atoms. The monoisotopic (exact) mass is 287 g/mol. The van der Waals surface area contributed by atoms with Crippen LogP contribution in [0, 0.1) is 13.8 Å². The number of aryl methyl sites for hydroxylation is 2. The van der Waals surface area contributed by atoms with Crippen LogP contribution in [-0.2, 0) is 4.79 Å². The lowest BCUT2D eigenvalue weighted by Gasteiger charge is -1.99. The molecule has 0 aliphatic rings. The smallest absolute Gasteiger partial charge is 0.211 e. The lowest BCUT2D eigenvalue weighted by atomic mass is 10.1. The lowest BCUT2D eigenvalue weighted by molar-refractivity contribution is -0.301. The van der Waals surface area contributed by atoms with Gasteiger partial charge in [-0.25, -0.2) is 4.98 Å². The van der Waals surface area contributed by atoms with Crippen molar-refractivity contribution in [2.24, 2.45) is 0 Å². The van der Waals surface area contributed by atoms with E-state index in [9.17, 15) is 9.90 Å². The fraction of sp³-hybridized carbons (Fsp3) is 0.231. The van der Waals surface area contributed by atoms with Crippen molar-refractivity contribution >= 4 is 39.8 Å². The number of aliphatic carboxylic acids is 1. The fourth-order valence-corrected chi connectivity index (χ4v) is 2.70. The summed E-state index contributed by atoms with van der Waals surface area (Å²) in [6.07, 6.45) is 0. The van der Waals surface area contributed by atoms with Crippen LogP contribution in [0.1, 0.15) is 11.1 Å². The SMILES string of the molecule is Cc1cc(C)c2[nH]c3nc(SCC(=O)[O-])nnc3c2c1. The van der Waals surface area contributed by atoms with Crippen molar-refractivity contribution in [3.63, 3.8) is 0 Å². The highest BCUT2D eigenvalue weighted by molar-refractivity contribution is 7.99. The van der Waals surface area contributed by atoms with Crippen LogP contribution in [0.5, 0.6) is 0 Å². The Bertz CT molecular complexity index is 828. The number of hydrogen-bond acceptors (Lipinski definition) is 6. The second kappa shape index (κ2) is 4.75. The first-order chi connectivity index (χ1) is 9.54. The van der Waals surface area contributed by atoms with E-state index in [1.165, 1.54) is 0 Å². The van der Waals surface area contributed by atoms with Crippen LogP contribution < -0.4 is 5.11 Å². The molecule has 0 amide bonds. The second-order valence-electron chi connectivity index (χ2n) is 4.58. The highest BCUT2D eigenvalue weighted by atomic mass is 32.2. The van der Waals surface area contributed by atoms with Gasteiger partial charge in [0, 0.05) is 11.1 Å². The summed E-state index contributed by atoms with van der Waals surface area (Å²) >= 11 is 0.994. The highest BCUT2D eigenvalue weighted by Gasteiger charge is 2.11. The van der Waals surface area contributed by atoms with Gasteiger partial charge in [0.25, 0.3) is 0 Å². The molecule has 0 saturated heterocycles. The van der Waals surface area contributed by atoms with E-state index in [0.717, 1.165) is 33.8 Å².